The van der Waals surface area contributed by atoms with E-state index in [0.717, 1.165) is 6.07 Å². The van der Waals surface area contributed by atoms with Crippen molar-refractivity contribution in [3.8, 4) is 23.0 Å². The molecule has 0 saturated heterocycles. The number of ether oxygens (including phenoxy) is 3. The largest absolute Gasteiger partial charge is 0.490 e. The molecule has 0 aliphatic heterocycles. The van der Waals surface area contributed by atoms with Gasteiger partial charge in [-0.05, 0) is 49.4 Å². The molecule has 4 aromatic rings. The first-order valence-electron chi connectivity index (χ1n) is 10.2. The highest BCUT2D eigenvalue weighted by molar-refractivity contribution is 9.10. The Morgan fingerprint density at radius 3 is 2.43 bits per heavy atom. The van der Waals surface area contributed by atoms with Crippen LogP contribution in [-0.2, 0) is 6.18 Å². The molecule has 0 unspecified atom stereocenters. The van der Waals surface area contributed by atoms with Crippen LogP contribution in [-0.4, -0.2) is 12.6 Å². The number of hydrogen-bond donors (Lipinski definition) is 0. The van der Waals surface area contributed by atoms with Crippen molar-refractivity contribution >= 4 is 32.9 Å². The van der Waals surface area contributed by atoms with Gasteiger partial charge >= 0.3 is 12.1 Å². The fourth-order valence-electron chi connectivity index (χ4n) is 3.20. The van der Waals surface area contributed by atoms with Gasteiger partial charge < -0.3 is 18.6 Å². The van der Waals surface area contributed by atoms with Crippen LogP contribution in [0, 0.1) is 0 Å². The van der Waals surface area contributed by atoms with Gasteiger partial charge in [0, 0.05) is 10.5 Å². The molecule has 0 radical (unpaired) electrons. The Morgan fingerprint density at radius 2 is 1.74 bits per heavy atom. The molecule has 1 aromatic heterocycles. The lowest BCUT2D eigenvalue weighted by Gasteiger charge is -2.15. The molecule has 0 atom stereocenters. The van der Waals surface area contributed by atoms with Crippen LogP contribution < -0.4 is 19.6 Å². The number of carbonyl (C=O) groups is 1. The molecule has 10 heteroatoms. The number of alkyl halides is 3. The van der Waals surface area contributed by atoms with E-state index in [1.807, 2.05) is 0 Å². The minimum atomic E-state index is -5.05. The lowest BCUT2D eigenvalue weighted by atomic mass is 10.2. The summed E-state index contributed by atoms with van der Waals surface area (Å²) in [6.45, 7) is 1.93. The van der Waals surface area contributed by atoms with Crippen molar-refractivity contribution in [3.63, 3.8) is 0 Å². The molecule has 4 rings (SSSR count). The average molecular weight is 549 g/mol. The first kappa shape index (κ1) is 24.3. The number of para-hydroxylation sites is 2. The molecule has 6 nitrogen and oxygen atoms in total. The van der Waals surface area contributed by atoms with Gasteiger partial charge in [-0.15, -0.1) is 0 Å². The molecule has 0 saturated carbocycles. The summed E-state index contributed by atoms with van der Waals surface area (Å²) in [6, 6.07) is 15.9. The average Bonchev–Trinajstić information content (AvgIpc) is 2.81. The fourth-order valence-corrected chi connectivity index (χ4v) is 3.60. The van der Waals surface area contributed by atoms with Crippen LogP contribution in [0.1, 0.15) is 23.0 Å². The maximum absolute atomic E-state index is 13.8. The van der Waals surface area contributed by atoms with Crippen LogP contribution in [0.25, 0.3) is 11.0 Å². The number of rotatable bonds is 6. The zero-order chi connectivity index (χ0) is 25.2. The van der Waals surface area contributed by atoms with Crippen molar-refractivity contribution in [2.75, 3.05) is 6.61 Å². The first-order valence-corrected chi connectivity index (χ1v) is 11.0. The van der Waals surface area contributed by atoms with E-state index in [2.05, 4.69) is 15.9 Å². The summed E-state index contributed by atoms with van der Waals surface area (Å²) >= 11 is 3.24. The molecule has 1 heterocycles. The van der Waals surface area contributed by atoms with Crippen LogP contribution in [0.2, 0.25) is 0 Å². The predicted molar refractivity (Wildman–Crippen MR) is 124 cm³/mol. The number of fused-ring (bicyclic) bond motifs is 1. The molecule has 0 amide bonds. The van der Waals surface area contributed by atoms with Gasteiger partial charge in [-0.25, -0.2) is 4.79 Å². The molecule has 0 bridgehead atoms. The van der Waals surface area contributed by atoms with Crippen LogP contribution >= 0.6 is 15.9 Å². The molecule has 0 N–H and O–H groups in total. The smallest absolute Gasteiger partial charge is 0.453 e. The lowest BCUT2D eigenvalue weighted by Crippen LogP contribution is -2.16. The number of esters is 1. The first-order chi connectivity index (χ1) is 16.7. The molecule has 3 aromatic carbocycles. The van der Waals surface area contributed by atoms with Gasteiger partial charge in [-0.3, -0.25) is 4.79 Å². The third-order valence-electron chi connectivity index (χ3n) is 4.71. The van der Waals surface area contributed by atoms with Gasteiger partial charge in [-0.1, -0.05) is 34.1 Å². The lowest BCUT2D eigenvalue weighted by molar-refractivity contribution is -0.154. The van der Waals surface area contributed by atoms with Crippen molar-refractivity contribution in [1.82, 2.24) is 0 Å². The topological polar surface area (TPSA) is 75.0 Å². The highest BCUT2D eigenvalue weighted by Crippen LogP contribution is 2.40. The Morgan fingerprint density at radius 1 is 1.00 bits per heavy atom. The molecule has 0 spiro atoms. The Hall–Kier alpha value is -3.79. The van der Waals surface area contributed by atoms with Crippen molar-refractivity contribution in [2.45, 2.75) is 13.1 Å². The molecule has 0 aliphatic carbocycles. The summed E-state index contributed by atoms with van der Waals surface area (Å²) in [4.78, 5) is 25.4. The summed E-state index contributed by atoms with van der Waals surface area (Å²) in [6.07, 6.45) is -5.05. The van der Waals surface area contributed by atoms with Gasteiger partial charge in [0.1, 0.15) is 11.3 Å². The van der Waals surface area contributed by atoms with Crippen molar-refractivity contribution in [3.05, 3.63) is 92.7 Å². The van der Waals surface area contributed by atoms with Crippen molar-refractivity contribution in [2.24, 2.45) is 0 Å². The number of hydrogen-bond acceptors (Lipinski definition) is 6. The third-order valence-corrected chi connectivity index (χ3v) is 5.20. The van der Waals surface area contributed by atoms with Crippen LogP contribution in [0.5, 0.6) is 23.0 Å². The molecular formula is C25H16BrF3O6. The highest BCUT2D eigenvalue weighted by atomic mass is 79.9. The van der Waals surface area contributed by atoms with Gasteiger partial charge in [0.25, 0.3) is 5.76 Å². The van der Waals surface area contributed by atoms with Gasteiger partial charge in [0.05, 0.1) is 17.6 Å². The maximum Gasteiger partial charge on any atom is 0.453 e. The molecule has 35 heavy (non-hydrogen) atoms. The summed E-state index contributed by atoms with van der Waals surface area (Å²) in [5, 5.41) is -0.191. The summed E-state index contributed by atoms with van der Waals surface area (Å²) in [5.74, 6) is -3.41. The van der Waals surface area contributed by atoms with Crippen LogP contribution in [0.15, 0.2) is 80.4 Å². The van der Waals surface area contributed by atoms with Crippen LogP contribution in [0.3, 0.4) is 0 Å². The van der Waals surface area contributed by atoms with Gasteiger partial charge in [0.15, 0.2) is 11.5 Å². The Bertz CT molecular complexity index is 1460. The standard InChI is InChI=1S/C25H16BrF3O6/c1-2-32-18-8-3-4-9-19(18)34-22-21(30)17-11-10-16(13-20(17)35-23(22)25(27,28)29)33-24(31)14-6-5-7-15(26)12-14/h3-13H,2H2,1H3. The summed E-state index contributed by atoms with van der Waals surface area (Å²) in [7, 11) is 0. The molecule has 0 fully saturated rings. The number of benzene rings is 3. The Kier molecular flexibility index (Phi) is 6.83. The zero-order valence-electron chi connectivity index (χ0n) is 18.0. The number of halogens is 4. The van der Waals surface area contributed by atoms with Crippen molar-refractivity contribution in [1.29, 1.82) is 0 Å². The maximum atomic E-state index is 13.8. The normalized spacial score (nSPS) is 11.3. The van der Waals surface area contributed by atoms with E-state index in [9.17, 15) is 22.8 Å². The summed E-state index contributed by atoms with van der Waals surface area (Å²) in [5.41, 5.74) is -1.25. The third kappa shape index (κ3) is 5.32. The van der Waals surface area contributed by atoms with Crippen molar-refractivity contribution < 1.29 is 36.6 Å². The predicted octanol–water partition coefficient (Wildman–Crippen LogP) is 6.98. The minimum Gasteiger partial charge on any atom is -0.490 e. The van der Waals surface area contributed by atoms with E-state index in [1.54, 1.807) is 25.1 Å². The second-order valence-electron chi connectivity index (χ2n) is 7.13. The molecule has 0 aliphatic rings. The van der Waals surface area contributed by atoms with Gasteiger partial charge in [0.2, 0.25) is 11.2 Å². The number of carbonyl (C=O) groups excluding carboxylic acids is 1. The SMILES string of the molecule is CCOc1ccccc1Oc1c(C(F)(F)F)oc2cc(OC(=O)c3cccc(Br)c3)ccc2c1=O. The monoisotopic (exact) mass is 548 g/mol. The van der Waals surface area contributed by atoms with Gasteiger partial charge in [-0.2, -0.15) is 13.2 Å². The second-order valence-corrected chi connectivity index (χ2v) is 8.04. The quantitative estimate of drug-likeness (QED) is 0.191. The highest BCUT2D eigenvalue weighted by Gasteiger charge is 2.40. The Labute approximate surface area is 205 Å². The van der Waals surface area contributed by atoms with E-state index >= 15 is 0 Å². The van der Waals surface area contributed by atoms with E-state index in [1.165, 1.54) is 42.5 Å². The summed E-state index contributed by atoms with van der Waals surface area (Å²) < 4.78 is 63.2. The molecule has 180 valence electrons. The van der Waals surface area contributed by atoms with E-state index in [-0.39, 0.29) is 34.8 Å². The van der Waals surface area contributed by atoms with E-state index in [0.29, 0.717) is 4.47 Å². The second kappa shape index (κ2) is 9.83. The minimum absolute atomic E-state index is 0.0777. The zero-order valence-corrected chi connectivity index (χ0v) is 19.6. The Balaban J connectivity index is 1.76. The fraction of sp³-hybridized carbons (Fsp3) is 0.120. The van der Waals surface area contributed by atoms with Crippen LogP contribution in [0.4, 0.5) is 13.2 Å². The molecular weight excluding hydrogens is 533 g/mol. The van der Waals surface area contributed by atoms with E-state index < -0.39 is 34.7 Å². The van der Waals surface area contributed by atoms with E-state index in [4.69, 9.17) is 18.6 Å².